The van der Waals surface area contributed by atoms with Crippen LogP contribution in [0, 0.1) is 5.41 Å². The van der Waals surface area contributed by atoms with E-state index >= 15 is 0 Å². The zero-order chi connectivity index (χ0) is 14.0. The van der Waals surface area contributed by atoms with Crippen molar-refractivity contribution in [1.82, 2.24) is 0 Å². The van der Waals surface area contributed by atoms with E-state index in [1.165, 1.54) is 6.08 Å². The fourth-order valence-corrected chi connectivity index (χ4v) is 2.66. The summed E-state index contributed by atoms with van der Waals surface area (Å²) in [5, 5.41) is 0. The van der Waals surface area contributed by atoms with Gasteiger partial charge in [0.2, 0.25) is 0 Å². The molecule has 0 radical (unpaired) electrons. The molecule has 0 aromatic carbocycles. The molecule has 18 heavy (non-hydrogen) atoms. The van der Waals surface area contributed by atoms with Crippen molar-refractivity contribution < 1.29 is 25.8 Å². The van der Waals surface area contributed by atoms with Gasteiger partial charge in [0, 0.05) is 5.41 Å². The van der Waals surface area contributed by atoms with Crippen molar-refractivity contribution in [3.8, 4) is 0 Å². The third-order valence-corrected chi connectivity index (χ3v) is 4.14. The summed E-state index contributed by atoms with van der Waals surface area (Å²) in [6.07, 6.45) is 4.94. The van der Waals surface area contributed by atoms with Crippen LogP contribution < -0.4 is 0 Å². The lowest BCUT2D eigenvalue weighted by molar-refractivity contribution is -0.0532. The molecule has 104 valence electrons. The Balaban J connectivity index is 3.00. The molecule has 1 unspecified atom stereocenters. The minimum Gasteiger partial charge on any atom is -0.380 e. The highest BCUT2D eigenvalue weighted by atomic mass is 32.2. The lowest BCUT2D eigenvalue weighted by atomic mass is 9.80. The van der Waals surface area contributed by atoms with Gasteiger partial charge in [-0.25, -0.2) is 0 Å². The Morgan fingerprint density at radius 1 is 1.56 bits per heavy atom. The van der Waals surface area contributed by atoms with Gasteiger partial charge in [-0.15, -0.1) is 6.58 Å². The smallest absolute Gasteiger partial charge is 0.380 e. The second-order valence-corrected chi connectivity index (χ2v) is 5.75. The van der Waals surface area contributed by atoms with Gasteiger partial charge in [0.25, 0.3) is 0 Å². The van der Waals surface area contributed by atoms with Crippen LogP contribution in [0.3, 0.4) is 0 Å². The Kier molecular flexibility index (Phi) is 4.15. The van der Waals surface area contributed by atoms with E-state index in [2.05, 4.69) is 10.8 Å². The molecule has 0 aliphatic heterocycles. The number of halogens is 3. The molecule has 0 fully saturated rings. The highest BCUT2D eigenvalue weighted by Gasteiger charge is 2.51. The van der Waals surface area contributed by atoms with Gasteiger partial charge in [0.15, 0.2) is 0 Å². The standard InChI is InChI=1S/C11H15F3O3S/c1-3-7-10(4-2)8-5-6-9(10)17-18(15,16)11(12,13)14/h3,6H,1,4-5,7-8H2,2H3. The van der Waals surface area contributed by atoms with E-state index in [-0.39, 0.29) is 5.76 Å². The molecule has 7 heteroatoms. The minimum atomic E-state index is -5.58. The van der Waals surface area contributed by atoms with Gasteiger partial charge in [0.1, 0.15) is 5.76 Å². The number of rotatable bonds is 5. The molecule has 0 saturated heterocycles. The second-order valence-electron chi connectivity index (χ2n) is 4.22. The van der Waals surface area contributed by atoms with Crippen LogP contribution in [0.15, 0.2) is 24.5 Å². The quantitative estimate of drug-likeness (QED) is 0.441. The molecule has 0 aromatic heterocycles. The Morgan fingerprint density at radius 2 is 2.17 bits per heavy atom. The fraction of sp³-hybridized carbons (Fsp3) is 0.636. The van der Waals surface area contributed by atoms with Crippen molar-refractivity contribution in [1.29, 1.82) is 0 Å². The van der Waals surface area contributed by atoms with Gasteiger partial charge in [0.05, 0.1) is 0 Å². The molecule has 0 spiro atoms. The second kappa shape index (κ2) is 4.95. The molecule has 0 bridgehead atoms. The van der Waals surface area contributed by atoms with Crippen LogP contribution in [0.2, 0.25) is 0 Å². The number of hydrogen-bond donors (Lipinski definition) is 0. The first-order valence-electron chi connectivity index (χ1n) is 5.51. The Morgan fingerprint density at radius 3 is 2.61 bits per heavy atom. The van der Waals surface area contributed by atoms with E-state index < -0.39 is 21.0 Å². The van der Waals surface area contributed by atoms with E-state index in [0.717, 1.165) is 0 Å². The van der Waals surface area contributed by atoms with Crippen molar-refractivity contribution in [2.45, 2.75) is 38.1 Å². The predicted octanol–water partition coefficient (Wildman–Crippen LogP) is 3.50. The Hall–Kier alpha value is -0.980. The van der Waals surface area contributed by atoms with Crippen LogP contribution in [0.1, 0.15) is 32.6 Å². The van der Waals surface area contributed by atoms with Gasteiger partial charge in [-0.05, 0) is 31.8 Å². The zero-order valence-electron chi connectivity index (χ0n) is 9.96. The fourth-order valence-electron chi connectivity index (χ4n) is 2.08. The predicted molar refractivity (Wildman–Crippen MR) is 60.9 cm³/mol. The lowest BCUT2D eigenvalue weighted by Crippen LogP contribution is -2.29. The summed E-state index contributed by atoms with van der Waals surface area (Å²) < 4.78 is 63.1. The van der Waals surface area contributed by atoms with Crippen LogP contribution in [0.25, 0.3) is 0 Å². The largest absolute Gasteiger partial charge is 0.534 e. The van der Waals surface area contributed by atoms with E-state index in [1.807, 2.05) is 0 Å². The molecule has 0 N–H and O–H groups in total. The van der Waals surface area contributed by atoms with Crippen molar-refractivity contribution in [3.05, 3.63) is 24.5 Å². The normalized spacial score (nSPS) is 24.8. The Labute approximate surface area is 104 Å². The molecule has 1 aliphatic rings. The average molecular weight is 284 g/mol. The van der Waals surface area contributed by atoms with Crippen molar-refractivity contribution in [2.24, 2.45) is 5.41 Å². The highest BCUT2D eigenvalue weighted by molar-refractivity contribution is 7.87. The van der Waals surface area contributed by atoms with Crippen LogP contribution in [0.4, 0.5) is 13.2 Å². The maximum Gasteiger partial charge on any atom is 0.534 e. The molecular formula is C11H15F3O3S. The zero-order valence-corrected chi connectivity index (χ0v) is 10.8. The lowest BCUT2D eigenvalue weighted by Gasteiger charge is -2.29. The van der Waals surface area contributed by atoms with E-state index in [1.54, 1.807) is 13.0 Å². The summed E-state index contributed by atoms with van der Waals surface area (Å²) in [6, 6.07) is 0. The molecule has 1 rings (SSSR count). The van der Waals surface area contributed by atoms with Gasteiger partial charge >= 0.3 is 15.6 Å². The number of allylic oxidation sites excluding steroid dienone is 3. The van der Waals surface area contributed by atoms with Gasteiger partial charge < -0.3 is 4.18 Å². The summed E-state index contributed by atoms with van der Waals surface area (Å²) in [5.74, 6) is -0.109. The molecular weight excluding hydrogens is 269 g/mol. The molecule has 3 nitrogen and oxygen atoms in total. The van der Waals surface area contributed by atoms with Crippen molar-refractivity contribution >= 4 is 10.1 Å². The first kappa shape index (κ1) is 15.1. The third kappa shape index (κ3) is 2.71. The first-order chi connectivity index (χ1) is 8.18. The number of alkyl halides is 3. The summed E-state index contributed by atoms with van der Waals surface area (Å²) in [7, 11) is -5.58. The maximum absolute atomic E-state index is 12.3. The van der Waals surface area contributed by atoms with Crippen LogP contribution in [0.5, 0.6) is 0 Å². The van der Waals surface area contributed by atoms with Gasteiger partial charge in [-0.3, -0.25) is 0 Å². The molecule has 1 atom stereocenters. The third-order valence-electron chi connectivity index (χ3n) is 3.17. The van der Waals surface area contributed by atoms with Crippen LogP contribution in [-0.4, -0.2) is 13.9 Å². The van der Waals surface area contributed by atoms with Crippen molar-refractivity contribution in [2.75, 3.05) is 0 Å². The van der Waals surface area contributed by atoms with E-state index in [0.29, 0.717) is 25.7 Å². The molecule has 0 aromatic rings. The molecule has 0 saturated carbocycles. The summed E-state index contributed by atoms with van der Waals surface area (Å²) in [5.41, 5.74) is -6.08. The average Bonchev–Trinajstić information content (AvgIpc) is 2.60. The SMILES string of the molecule is C=CCC1(CC)CCC=C1OS(=O)(=O)C(F)(F)F. The van der Waals surface area contributed by atoms with Gasteiger partial charge in [-0.2, -0.15) is 21.6 Å². The number of hydrogen-bond acceptors (Lipinski definition) is 3. The first-order valence-corrected chi connectivity index (χ1v) is 6.91. The maximum atomic E-state index is 12.3. The molecule has 1 aliphatic carbocycles. The highest BCUT2D eigenvalue weighted by Crippen LogP contribution is 2.47. The van der Waals surface area contributed by atoms with Crippen molar-refractivity contribution in [3.63, 3.8) is 0 Å². The van der Waals surface area contributed by atoms with Gasteiger partial charge in [-0.1, -0.05) is 13.0 Å². The van der Waals surface area contributed by atoms with Crippen LogP contribution in [-0.2, 0) is 14.3 Å². The minimum absolute atomic E-state index is 0.109. The summed E-state index contributed by atoms with van der Waals surface area (Å²) >= 11 is 0. The summed E-state index contributed by atoms with van der Waals surface area (Å²) in [4.78, 5) is 0. The molecule has 0 amide bonds. The topological polar surface area (TPSA) is 43.4 Å². The van der Waals surface area contributed by atoms with Crippen LogP contribution >= 0.6 is 0 Å². The monoisotopic (exact) mass is 284 g/mol. The molecule has 0 heterocycles. The van der Waals surface area contributed by atoms with E-state index in [9.17, 15) is 21.6 Å². The van der Waals surface area contributed by atoms with E-state index in [4.69, 9.17) is 0 Å². The summed E-state index contributed by atoms with van der Waals surface area (Å²) in [6.45, 7) is 5.33. The Bertz CT molecular complexity index is 451.